The molecule has 0 spiro atoms. The van der Waals surface area contributed by atoms with E-state index in [4.69, 9.17) is 0 Å². The van der Waals surface area contributed by atoms with Gasteiger partial charge in [-0.05, 0) is 30.6 Å². The molecule has 1 nitrogen and oxygen atoms in total. The van der Waals surface area contributed by atoms with E-state index in [2.05, 4.69) is 6.92 Å². The van der Waals surface area contributed by atoms with E-state index in [0.29, 0.717) is 11.3 Å². The second-order valence-electron chi connectivity index (χ2n) is 3.80. The summed E-state index contributed by atoms with van der Waals surface area (Å²) in [6, 6.07) is 0. The van der Waals surface area contributed by atoms with Crippen LogP contribution in [0.4, 0.5) is 0 Å². The van der Waals surface area contributed by atoms with Crippen LogP contribution in [-0.2, 0) is 4.79 Å². The number of aldehydes is 1. The third-order valence-electron chi connectivity index (χ3n) is 3.32. The second kappa shape index (κ2) is 1.39. The van der Waals surface area contributed by atoms with Crippen molar-refractivity contribution in [1.82, 2.24) is 0 Å². The molecule has 2 saturated carbocycles. The summed E-state index contributed by atoms with van der Waals surface area (Å²) in [4.78, 5) is 10.3. The Labute approximate surface area is 55.4 Å². The quantitative estimate of drug-likeness (QED) is 0.485. The first-order valence-electron chi connectivity index (χ1n) is 3.71. The molecule has 2 fully saturated rings. The number of hydrogen-bond acceptors (Lipinski definition) is 1. The van der Waals surface area contributed by atoms with Crippen LogP contribution in [0.1, 0.15) is 26.2 Å². The maximum absolute atomic E-state index is 10.3. The summed E-state index contributed by atoms with van der Waals surface area (Å²) >= 11 is 0. The fourth-order valence-corrected chi connectivity index (χ4v) is 2.45. The number of carbonyl (C=O) groups excluding carboxylic acids is 1. The van der Waals surface area contributed by atoms with Crippen LogP contribution in [0.15, 0.2) is 0 Å². The first-order valence-corrected chi connectivity index (χ1v) is 3.71. The lowest BCUT2D eigenvalue weighted by molar-refractivity contribution is -0.144. The van der Waals surface area contributed by atoms with Gasteiger partial charge in [0.2, 0.25) is 0 Å². The van der Waals surface area contributed by atoms with E-state index in [1.54, 1.807) is 0 Å². The van der Waals surface area contributed by atoms with E-state index in [-0.39, 0.29) is 0 Å². The molecule has 0 amide bonds. The lowest BCUT2D eigenvalue weighted by atomic mass is 9.44. The van der Waals surface area contributed by atoms with E-state index >= 15 is 0 Å². The van der Waals surface area contributed by atoms with Gasteiger partial charge in [-0.25, -0.2) is 0 Å². The molecule has 3 atom stereocenters. The highest BCUT2D eigenvalue weighted by Crippen LogP contribution is 2.63. The monoisotopic (exact) mass is 124 g/mol. The van der Waals surface area contributed by atoms with Gasteiger partial charge in [0.25, 0.3) is 0 Å². The predicted molar refractivity (Wildman–Crippen MR) is 35.0 cm³/mol. The van der Waals surface area contributed by atoms with E-state index in [1.165, 1.54) is 19.3 Å². The Morgan fingerprint density at radius 2 is 2.44 bits per heavy atom. The molecule has 2 aliphatic carbocycles. The Bertz CT molecular complexity index is 153. The van der Waals surface area contributed by atoms with Crippen LogP contribution in [0.5, 0.6) is 0 Å². The molecular formula is C8H12O. The van der Waals surface area contributed by atoms with Crippen molar-refractivity contribution in [3.63, 3.8) is 0 Å². The Hall–Kier alpha value is -0.330. The van der Waals surface area contributed by atoms with Crippen molar-refractivity contribution in [2.45, 2.75) is 26.2 Å². The third kappa shape index (κ3) is 0.480. The molecule has 2 aliphatic rings. The molecule has 1 heteroatoms. The molecule has 0 radical (unpaired) electrons. The highest BCUT2D eigenvalue weighted by molar-refractivity contribution is 5.57. The van der Waals surface area contributed by atoms with Gasteiger partial charge >= 0.3 is 0 Å². The lowest BCUT2D eigenvalue weighted by Gasteiger charge is -2.60. The van der Waals surface area contributed by atoms with Gasteiger partial charge in [0.15, 0.2) is 0 Å². The highest BCUT2D eigenvalue weighted by Gasteiger charge is 2.56. The van der Waals surface area contributed by atoms with E-state index in [0.717, 1.165) is 12.2 Å². The Kier molecular flexibility index (Phi) is 0.842. The lowest BCUT2D eigenvalue weighted by Crippen LogP contribution is -2.53. The fourth-order valence-electron chi connectivity index (χ4n) is 2.45. The molecule has 0 N–H and O–H groups in total. The molecule has 9 heavy (non-hydrogen) atoms. The molecule has 0 heterocycles. The zero-order valence-corrected chi connectivity index (χ0v) is 5.76. The molecule has 0 aromatic heterocycles. The largest absolute Gasteiger partial charge is 0.303 e. The number of rotatable bonds is 1. The van der Waals surface area contributed by atoms with Crippen molar-refractivity contribution in [3.8, 4) is 0 Å². The Balaban J connectivity index is 2.05. The van der Waals surface area contributed by atoms with Crippen LogP contribution >= 0.6 is 0 Å². The number of hydrogen-bond donors (Lipinski definition) is 0. The highest BCUT2D eigenvalue weighted by atomic mass is 16.1. The van der Waals surface area contributed by atoms with Gasteiger partial charge in [0.1, 0.15) is 6.29 Å². The topological polar surface area (TPSA) is 17.1 Å². The Morgan fingerprint density at radius 3 is 2.56 bits per heavy atom. The molecule has 0 aliphatic heterocycles. The molecule has 0 saturated heterocycles. The van der Waals surface area contributed by atoms with Crippen molar-refractivity contribution in [2.24, 2.45) is 17.3 Å². The van der Waals surface area contributed by atoms with Crippen molar-refractivity contribution in [2.75, 3.05) is 0 Å². The van der Waals surface area contributed by atoms with Crippen LogP contribution in [0.2, 0.25) is 0 Å². The Morgan fingerprint density at radius 1 is 1.67 bits per heavy atom. The summed E-state index contributed by atoms with van der Waals surface area (Å²) < 4.78 is 0. The minimum Gasteiger partial charge on any atom is -0.303 e. The van der Waals surface area contributed by atoms with Gasteiger partial charge in [0, 0.05) is 5.92 Å². The van der Waals surface area contributed by atoms with Crippen LogP contribution in [0, 0.1) is 17.3 Å². The van der Waals surface area contributed by atoms with Crippen LogP contribution in [-0.4, -0.2) is 6.29 Å². The number of carbonyl (C=O) groups is 1. The maximum atomic E-state index is 10.3. The molecule has 0 aromatic carbocycles. The first kappa shape index (κ1) is 5.45. The van der Waals surface area contributed by atoms with Crippen molar-refractivity contribution >= 4 is 6.29 Å². The van der Waals surface area contributed by atoms with Crippen LogP contribution < -0.4 is 0 Å². The summed E-state index contributed by atoms with van der Waals surface area (Å²) in [5, 5.41) is 0. The van der Waals surface area contributed by atoms with E-state index in [1.807, 2.05) is 0 Å². The average molecular weight is 124 g/mol. The van der Waals surface area contributed by atoms with Gasteiger partial charge in [-0.3, -0.25) is 0 Å². The molecule has 50 valence electrons. The second-order valence-corrected chi connectivity index (χ2v) is 3.80. The van der Waals surface area contributed by atoms with Gasteiger partial charge in [0.05, 0.1) is 0 Å². The SMILES string of the molecule is CC12CCC1[C@H](C=O)C2. The standard InChI is InChI=1S/C8H12O/c1-8-3-2-7(8)6(4-8)5-9/h5-7H,2-4H2,1H3/t6-,7?,8?/m0/s1. The molecular weight excluding hydrogens is 112 g/mol. The van der Waals surface area contributed by atoms with E-state index in [9.17, 15) is 4.79 Å². The summed E-state index contributed by atoms with van der Waals surface area (Å²) in [6.45, 7) is 2.31. The van der Waals surface area contributed by atoms with Crippen LogP contribution in [0.25, 0.3) is 0 Å². The molecule has 2 rings (SSSR count). The normalized spacial score (nSPS) is 54.8. The summed E-state index contributed by atoms with van der Waals surface area (Å²) in [6.07, 6.45) is 4.98. The van der Waals surface area contributed by atoms with Crippen molar-refractivity contribution in [1.29, 1.82) is 0 Å². The molecule has 2 unspecified atom stereocenters. The van der Waals surface area contributed by atoms with Gasteiger partial charge in [-0.15, -0.1) is 0 Å². The smallest absolute Gasteiger partial charge is 0.123 e. The summed E-state index contributed by atoms with van der Waals surface area (Å²) in [7, 11) is 0. The predicted octanol–water partition coefficient (Wildman–Crippen LogP) is 1.62. The summed E-state index contributed by atoms with van der Waals surface area (Å²) in [5.41, 5.74) is 0.603. The molecule has 0 bridgehead atoms. The minimum atomic E-state index is 0.434. The zero-order chi connectivity index (χ0) is 6.48. The zero-order valence-electron chi connectivity index (χ0n) is 5.76. The summed E-state index contributed by atoms with van der Waals surface area (Å²) in [5.74, 6) is 1.21. The van der Waals surface area contributed by atoms with Gasteiger partial charge < -0.3 is 4.79 Å². The minimum absolute atomic E-state index is 0.434. The fraction of sp³-hybridized carbons (Fsp3) is 0.875. The van der Waals surface area contributed by atoms with E-state index < -0.39 is 0 Å². The first-order chi connectivity index (χ1) is 4.26. The van der Waals surface area contributed by atoms with Crippen molar-refractivity contribution < 1.29 is 4.79 Å². The van der Waals surface area contributed by atoms with Gasteiger partial charge in [-0.1, -0.05) is 6.92 Å². The number of fused-ring (bicyclic) bond motifs is 1. The van der Waals surface area contributed by atoms with Gasteiger partial charge in [-0.2, -0.15) is 0 Å². The third-order valence-corrected chi connectivity index (χ3v) is 3.32. The molecule has 0 aromatic rings. The maximum Gasteiger partial charge on any atom is 0.123 e. The average Bonchev–Trinajstić information content (AvgIpc) is 1.85. The van der Waals surface area contributed by atoms with Crippen LogP contribution in [0.3, 0.4) is 0 Å². The van der Waals surface area contributed by atoms with Crippen molar-refractivity contribution in [3.05, 3.63) is 0 Å².